The number of rotatable bonds is 5. The summed E-state index contributed by atoms with van der Waals surface area (Å²) < 4.78 is 4.99. The fourth-order valence-electron chi connectivity index (χ4n) is 1.92. The van der Waals surface area contributed by atoms with Gasteiger partial charge in [0.15, 0.2) is 0 Å². The molecule has 2 N–H and O–H groups in total. The van der Waals surface area contributed by atoms with E-state index in [1.165, 1.54) is 0 Å². The van der Waals surface area contributed by atoms with E-state index in [0.717, 1.165) is 45.5 Å². The van der Waals surface area contributed by atoms with E-state index in [0.29, 0.717) is 0 Å². The number of methoxy groups -OCH3 is 1. The van der Waals surface area contributed by atoms with Crippen molar-refractivity contribution in [3.63, 3.8) is 0 Å². The van der Waals surface area contributed by atoms with Gasteiger partial charge in [-0.1, -0.05) is 0 Å². The molecule has 1 aliphatic rings. The molecule has 14 heavy (non-hydrogen) atoms. The first kappa shape index (κ1) is 11.5. The topological polar surface area (TPSA) is 55.6 Å². The smallest absolute Gasteiger partial charge is 0.221 e. The quantitative estimate of drug-likeness (QED) is 0.646. The second kappa shape index (κ2) is 5.98. The van der Waals surface area contributed by atoms with Gasteiger partial charge in [-0.15, -0.1) is 0 Å². The van der Waals surface area contributed by atoms with Gasteiger partial charge in [-0.25, -0.2) is 0 Å². The molecule has 0 spiro atoms. The number of amides is 1. The van der Waals surface area contributed by atoms with Crippen LogP contribution in [0.5, 0.6) is 0 Å². The van der Waals surface area contributed by atoms with Crippen LogP contribution in [0.1, 0.15) is 19.3 Å². The van der Waals surface area contributed by atoms with E-state index in [1.54, 1.807) is 7.11 Å². The molecular weight excluding hydrogens is 180 g/mol. The van der Waals surface area contributed by atoms with Gasteiger partial charge >= 0.3 is 0 Å². The predicted octanol–water partition coefficient (Wildman–Crippen LogP) is 0.220. The van der Waals surface area contributed by atoms with Gasteiger partial charge in [0.05, 0.1) is 5.92 Å². The predicted molar refractivity (Wildman–Crippen MR) is 54.9 cm³/mol. The molecule has 1 heterocycles. The van der Waals surface area contributed by atoms with Crippen molar-refractivity contribution in [3.05, 3.63) is 0 Å². The van der Waals surface area contributed by atoms with Crippen LogP contribution in [-0.2, 0) is 9.53 Å². The van der Waals surface area contributed by atoms with Crippen LogP contribution in [-0.4, -0.2) is 44.2 Å². The SMILES string of the molecule is COCCCN1CCCC(C(N)=O)C1. The molecule has 1 rings (SSSR count). The molecule has 0 aromatic heterocycles. The van der Waals surface area contributed by atoms with Gasteiger partial charge in [0.2, 0.25) is 5.91 Å². The molecule has 1 saturated heterocycles. The summed E-state index contributed by atoms with van der Waals surface area (Å²) in [7, 11) is 1.71. The number of nitrogens with two attached hydrogens (primary N) is 1. The monoisotopic (exact) mass is 200 g/mol. The maximum Gasteiger partial charge on any atom is 0.221 e. The molecule has 1 aliphatic heterocycles. The Bertz CT molecular complexity index is 185. The zero-order valence-electron chi connectivity index (χ0n) is 8.87. The van der Waals surface area contributed by atoms with Crippen molar-refractivity contribution in [2.75, 3.05) is 33.4 Å². The molecule has 1 atom stereocenters. The summed E-state index contributed by atoms with van der Waals surface area (Å²) in [6.45, 7) is 3.72. The number of primary amides is 1. The minimum Gasteiger partial charge on any atom is -0.385 e. The van der Waals surface area contributed by atoms with E-state index < -0.39 is 0 Å². The van der Waals surface area contributed by atoms with Gasteiger partial charge < -0.3 is 15.4 Å². The van der Waals surface area contributed by atoms with Crippen molar-refractivity contribution in [1.29, 1.82) is 0 Å². The Hall–Kier alpha value is -0.610. The molecule has 1 fully saturated rings. The van der Waals surface area contributed by atoms with E-state index in [9.17, 15) is 4.79 Å². The lowest BCUT2D eigenvalue weighted by atomic mass is 9.97. The third kappa shape index (κ3) is 3.64. The van der Waals surface area contributed by atoms with E-state index in [4.69, 9.17) is 10.5 Å². The van der Waals surface area contributed by atoms with Crippen molar-refractivity contribution in [3.8, 4) is 0 Å². The molecule has 4 nitrogen and oxygen atoms in total. The van der Waals surface area contributed by atoms with E-state index in [1.807, 2.05) is 0 Å². The second-order valence-electron chi connectivity index (χ2n) is 3.89. The number of ether oxygens (including phenoxy) is 1. The molecule has 4 heteroatoms. The summed E-state index contributed by atoms with van der Waals surface area (Å²) in [4.78, 5) is 13.3. The Kier molecular flexibility index (Phi) is 4.90. The molecule has 82 valence electrons. The number of carbonyl (C=O) groups is 1. The van der Waals surface area contributed by atoms with Crippen LogP contribution < -0.4 is 5.73 Å². The highest BCUT2D eigenvalue weighted by molar-refractivity contribution is 5.76. The Morgan fingerprint density at radius 3 is 3.07 bits per heavy atom. The molecule has 0 aromatic rings. The van der Waals surface area contributed by atoms with Crippen molar-refractivity contribution in [2.24, 2.45) is 11.7 Å². The lowest BCUT2D eigenvalue weighted by Crippen LogP contribution is -2.41. The highest BCUT2D eigenvalue weighted by atomic mass is 16.5. The van der Waals surface area contributed by atoms with Gasteiger partial charge in [-0.05, 0) is 25.8 Å². The fraction of sp³-hybridized carbons (Fsp3) is 0.900. The number of likely N-dealkylation sites (tertiary alicyclic amines) is 1. The summed E-state index contributed by atoms with van der Waals surface area (Å²) >= 11 is 0. The third-order valence-corrected chi connectivity index (χ3v) is 2.73. The molecule has 0 aromatic carbocycles. The first-order valence-corrected chi connectivity index (χ1v) is 5.24. The van der Waals surface area contributed by atoms with Gasteiger partial charge in [0.25, 0.3) is 0 Å². The molecule has 0 aliphatic carbocycles. The van der Waals surface area contributed by atoms with Crippen molar-refractivity contribution >= 4 is 5.91 Å². The largest absolute Gasteiger partial charge is 0.385 e. The van der Waals surface area contributed by atoms with Crippen LogP contribution >= 0.6 is 0 Å². The molecule has 0 saturated carbocycles. The Labute approximate surface area is 85.4 Å². The number of nitrogens with zero attached hydrogens (tertiary/aromatic N) is 1. The van der Waals surface area contributed by atoms with Crippen LogP contribution in [0, 0.1) is 5.92 Å². The molecule has 1 unspecified atom stereocenters. The number of hydrogen-bond donors (Lipinski definition) is 1. The Morgan fingerprint density at radius 1 is 1.64 bits per heavy atom. The van der Waals surface area contributed by atoms with Crippen LogP contribution in [0.25, 0.3) is 0 Å². The first-order valence-electron chi connectivity index (χ1n) is 5.24. The highest BCUT2D eigenvalue weighted by Gasteiger charge is 2.23. The summed E-state index contributed by atoms with van der Waals surface area (Å²) in [5, 5.41) is 0. The van der Waals surface area contributed by atoms with Crippen molar-refractivity contribution in [2.45, 2.75) is 19.3 Å². The average Bonchev–Trinajstić information content (AvgIpc) is 2.19. The van der Waals surface area contributed by atoms with Crippen molar-refractivity contribution in [1.82, 2.24) is 4.90 Å². The molecule has 0 bridgehead atoms. The Morgan fingerprint density at radius 2 is 2.43 bits per heavy atom. The Balaban J connectivity index is 2.22. The zero-order chi connectivity index (χ0) is 10.4. The van der Waals surface area contributed by atoms with E-state index in [2.05, 4.69) is 4.90 Å². The zero-order valence-corrected chi connectivity index (χ0v) is 8.87. The third-order valence-electron chi connectivity index (χ3n) is 2.73. The standard InChI is InChI=1S/C10H20N2O2/c1-14-7-3-6-12-5-2-4-9(8-12)10(11)13/h9H,2-8H2,1H3,(H2,11,13). The maximum atomic E-state index is 11.0. The van der Waals surface area contributed by atoms with Crippen LogP contribution in [0.4, 0.5) is 0 Å². The van der Waals surface area contributed by atoms with Crippen LogP contribution in [0.2, 0.25) is 0 Å². The summed E-state index contributed by atoms with van der Waals surface area (Å²) in [5.41, 5.74) is 5.29. The van der Waals surface area contributed by atoms with Gasteiger partial charge in [-0.3, -0.25) is 4.79 Å². The minimum atomic E-state index is -0.151. The number of carbonyl (C=O) groups excluding carboxylic acids is 1. The maximum absolute atomic E-state index is 11.0. The average molecular weight is 200 g/mol. The first-order chi connectivity index (χ1) is 6.74. The molecular formula is C10H20N2O2. The molecule has 1 amide bonds. The normalized spacial score (nSPS) is 23.6. The lowest BCUT2D eigenvalue weighted by molar-refractivity contribution is -0.123. The van der Waals surface area contributed by atoms with E-state index in [-0.39, 0.29) is 11.8 Å². The minimum absolute atomic E-state index is 0.0614. The van der Waals surface area contributed by atoms with Crippen LogP contribution in [0.15, 0.2) is 0 Å². The van der Waals surface area contributed by atoms with E-state index >= 15 is 0 Å². The second-order valence-corrected chi connectivity index (χ2v) is 3.89. The van der Waals surface area contributed by atoms with Gasteiger partial charge in [-0.2, -0.15) is 0 Å². The van der Waals surface area contributed by atoms with Crippen molar-refractivity contribution < 1.29 is 9.53 Å². The lowest BCUT2D eigenvalue weighted by Gasteiger charge is -2.30. The molecule has 0 radical (unpaired) electrons. The summed E-state index contributed by atoms with van der Waals surface area (Å²) in [6, 6.07) is 0. The highest BCUT2D eigenvalue weighted by Crippen LogP contribution is 2.15. The summed E-state index contributed by atoms with van der Waals surface area (Å²) in [6.07, 6.45) is 3.07. The van der Waals surface area contributed by atoms with Crippen LogP contribution in [0.3, 0.4) is 0 Å². The summed E-state index contributed by atoms with van der Waals surface area (Å²) in [5.74, 6) is -0.0901. The van der Waals surface area contributed by atoms with Gasteiger partial charge in [0, 0.05) is 26.8 Å². The van der Waals surface area contributed by atoms with Gasteiger partial charge in [0.1, 0.15) is 0 Å². The fourth-order valence-corrected chi connectivity index (χ4v) is 1.92. The number of hydrogen-bond acceptors (Lipinski definition) is 3. The number of piperidine rings is 1.